The molecule has 0 unspecified atom stereocenters. The van der Waals surface area contributed by atoms with Gasteiger partial charge < -0.3 is 10.5 Å². The Hall–Kier alpha value is -1.48. The summed E-state index contributed by atoms with van der Waals surface area (Å²) in [6.45, 7) is 2.65. The second kappa shape index (κ2) is 5.91. The van der Waals surface area contributed by atoms with E-state index in [2.05, 4.69) is 35.0 Å². The highest BCUT2D eigenvalue weighted by Crippen LogP contribution is 2.25. The summed E-state index contributed by atoms with van der Waals surface area (Å²) >= 11 is 3.48. The average Bonchev–Trinajstić information content (AvgIpc) is 2.41. The lowest BCUT2D eigenvalue weighted by molar-refractivity contribution is 0.305. The molecule has 2 aromatic carbocycles. The second-order valence-electron chi connectivity index (χ2n) is 4.11. The first-order chi connectivity index (χ1) is 8.70. The molecule has 0 amide bonds. The van der Waals surface area contributed by atoms with Crippen molar-refractivity contribution < 1.29 is 4.74 Å². The van der Waals surface area contributed by atoms with Gasteiger partial charge in [-0.3, -0.25) is 0 Å². The van der Waals surface area contributed by atoms with Gasteiger partial charge in [0.25, 0.3) is 0 Å². The molecule has 0 aliphatic carbocycles. The zero-order chi connectivity index (χ0) is 13.0. The first-order valence-corrected chi connectivity index (χ1v) is 6.74. The van der Waals surface area contributed by atoms with Gasteiger partial charge in [-0.25, -0.2) is 0 Å². The van der Waals surface area contributed by atoms with Crippen LogP contribution in [0.5, 0.6) is 5.75 Å². The maximum absolute atomic E-state index is 5.83. The molecule has 3 heteroatoms. The Kier molecular flexibility index (Phi) is 4.26. The van der Waals surface area contributed by atoms with E-state index in [1.807, 2.05) is 30.3 Å². The molecule has 0 saturated heterocycles. The van der Waals surface area contributed by atoms with E-state index < -0.39 is 0 Å². The third kappa shape index (κ3) is 3.05. The summed E-state index contributed by atoms with van der Waals surface area (Å²) in [6, 6.07) is 14.0. The van der Waals surface area contributed by atoms with E-state index in [9.17, 15) is 0 Å². The van der Waals surface area contributed by atoms with Crippen molar-refractivity contribution in [3.63, 3.8) is 0 Å². The number of anilines is 1. The lowest BCUT2D eigenvalue weighted by atomic mass is 10.1. The molecule has 0 saturated carbocycles. The number of nitrogen functional groups attached to an aromatic ring is 1. The molecule has 0 atom stereocenters. The SMILES string of the molecule is CCc1cccc(OCc2cccc(N)c2Br)c1. The van der Waals surface area contributed by atoms with Crippen molar-refractivity contribution in [3.05, 3.63) is 58.1 Å². The van der Waals surface area contributed by atoms with Crippen LogP contribution in [0.4, 0.5) is 5.69 Å². The van der Waals surface area contributed by atoms with Crippen molar-refractivity contribution in [1.82, 2.24) is 0 Å². The van der Waals surface area contributed by atoms with Crippen molar-refractivity contribution in [2.75, 3.05) is 5.73 Å². The van der Waals surface area contributed by atoms with Crippen LogP contribution in [-0.2, 0) is 13.0 Å². The van der Waals surface area contributed by atoms with E-state index in [1.54, 1.807) is 0 Å². The number of nitrogens with two attached hydrogens (primary N) is 1. The van der Waals surface area contributed by atoms with Crippen molar-refractivity contribution in [2.45, 2.75) is 20.0 Å². The molecule has 2 N–H and O–H groups in total. The summed E-state index contributed by atoms with van der Waals surface area (Å²) in [6.07, 6.45) is 1.01. The van der Waals surface area contributed by atoms with Crippen molar-refractivity contribution in [1.29, 1.82) is 0 Å². The minimum atomic E-state index is 0.513. The van der Waals surface area contributed by atoms with E-state index in [4.69, 9.17) is 10.5 Å². The number of ether oxygens (including phenoxy) is 1. The molecule has 2 nitrogen and oxygen atoms in total. The van der Waals surface area contributed by atoms with Crippen LogP contribution in [0.1, 0.15) is 18.1 Å². The maximum Gasteiger partial charge on any atom is 0.120 e. The molecule has 2 aromatic rings. The van der Waals surface area contributed by atoms with Gasteiger partial charge in [-0.15, -0.1) is 0 Å². The van der Waals surface area contributed by atoms with Gasteiger partial charge in [0.1, 0.15) is 12.4 Å². The smallest absolute Gasteiger partial charge is 0.120 e. The highest BCUT2D eigenvalue weighted by Gasteiger charge is 2.04. The Morgan fingerprint density at radius 1 is 1.17 bits per heavy atom. The van der Waals surface area contributed by atoms with E-state index >= 15 is 0 Å². The van der Waals surface area contributed by atoms with Gasteiger partial charge in [0.2, 0.25) is 0 Å². The summed E-state index contributed by atoms with van der Waals surface area (Å²) in [5.74, 6) is 0.892. The third-order valence-corrected chi connectivity index (χ3v) is 3.78. The van der Waals surface area contributed by atoms with Gasteiger partial charge in [-0.1, -0.05) is 31.2 Å². The number of rotatable bonds is 4. The number of halogens is 1. The zero-order valence-corrected chi connectivity index (χ0v) is 11.9. The number of hydrogen-bond acceptors (Lipinski definition) is 2. The number of aryl methyl sites for hydroxylation is 1. The molecule has 0 spiro atoms. The van der Waals surface area contributed by atoms with Gasteiger partial charge in [0, 0.05) is 15.7 Å². The monoisotopic (exact) mass is 305 g/mol. The Morgan fingerprint density at radius 3 is 2.72 bits per heavy atom. The van der Waals surface area contributed by atoms with Crippen LogP contribution < -0.4 is 10.5 Å². The first kappa shape index (κ1) is 13.0. The van der Waals surface area contributed by atoms with Gasteiger partial charge in [0.05, 0.1) is 0 Å². The van der Waals surface area contributed by atoms with Crippen LogP contribution in [0.25, 0.3) is 0 Å². The first-order valence-electron chi connectivity index (χ1n) is 5.95. The van der Waals surface area contributed by atoms with E-state index in [0.717, 1.165) is 27.9 Å². The van der Waals surface area contributed by atoms with Gasteiger partial charge in [-0.05, 0) is 46.1 Å². The van der Waals surface area contributed by atoms with Crippen molar-refractivity contribution >= 4 is 21.6 Å². The molecule has 2 rings (SSSR count). The minimum absolute atomic E-state index is 0.513. The molecule has 0 aliphatic heterocycles. The van der Waals surface area contributed by atoms with Crippen molar-refractivity contribution in [2.24, 2.45) is 0 Å². The standard InChI is InChI=1S/C15H16BrNO/c1-2-11-5-3-7-13(9-11)18-10-12-6-4-8-14(17)15(12)16/h3-9H,2,10,17H2,1H3. The normalized spacial score (nSPS) is 10.3. The highest BCUT2D eigenvalue weighted by molar-refractivity contribution is 9.10. The molecule has 0 aromatic heterocycles. The number of benzene rings is 2. The minimum Gasteiger partial charge on any atom is -0.489 e. The highest BCUT2D eigenvalue weighted by atomic mass is 79.9. The second-order valence-corrected chi connectivity index (χ2v) is 4.90. The van der Waals surface area contributed by atoms with Gasteiger partial charge in [0.15, 0.2) is 0 Å². The van der Waals surface area contributed by atoms with E-state index in [0.29, 0.717) is 6.61 Å². The molecule has 94 valence electrons. The molecule has 0 radical (unpaired) electrons. The lowest BCUT2D eigenvalue weighted by Crippen LogP contribution is -1.99. The Morgan fingerprint density at radius 2 is 1.94 bits per heavy atom. The third-order valence-electron chi connectivity index (χ3n) is 2.81. The predicted molar refractivity (Wildman–Crippen MR) is 78.7 cm³/mol. The van der Waals surface area contributed by atoms with Gasteiger partial charge >= 0.3 is 0 Å². The van der Waals surface area contributed by atoms with Crippen LogP contribution >= 0.6 is 15.9 Å². The van der Waals surface area contributed by atoms with Crippen LogP contribution in [-0.4, -0.2) is 0 Å². The summed E-state index contributed by atoms with van der Waals surface area (Å²) in [5.41, 5.74) is 8.90. The fourth-order valence-corrected chi connectivity index (χ4v) is 2.11. The average molecular weight is 306 g/mol. The fourth-order valence-electron chi connectivity index (χ4n) is 1.73. The summed E-state index contributed by atoms with van der Waals surface area (Å²) in [5, 5.41) is 0. The van der Waals surface area contributed by atoms with Crippen LogP contribution in [0, 0.1) is 0 Å². The topological polar surface area (TPSA) is 35.2 Å². The number of hydrogen-bond donors (Lipinski definition) is 1. The Balaban J connectivity index is 2.09. The Labute approximate surface area is 116 Å². The summed E-state index contributed by atoms with van der Waals surface area (Å²) in [7, 11) is 0. The summed E-state index contributed by atoms with van der Waals surface area (Å²) < 4.78 is 6.70. The predicted octanol–water partition coefficient (Wildman–Crippen LogP) is 4.17. The van der Waals surface area contributed by atoms with Crippen LogP contribution in [0.15, 0.2) is 46.9 Å². The lowest BCUT2D eigenvalue weighted by Gasteiger charge is -2.10. The van der Waals surface area contributed by atoms with Gasteiger partial charge in [-0.2, -0.15) is 0 Å². The summed E-state index contributed by atoms with van der Waals surface area (Å²) in [4.78, 5) is 0. The molecule has 18 heavy (non-hydrogen) atoms. The van der Waals surface area contributed by atoms with Crippen LogP contribution in [0.2, 0.25) is 0 Å². The molecule has 0 aliphatic rings. The molecule has 0 bridgehead atoms. The van der Waals surface area contributed by atoms with E-state index in [-0.39, 0.29) is 0 Å². The van der Waals surface area contributed by atoms with Crippen LogP contribution in [0.3, 0.4) is 0 Å². The molecule has 0 heterocycles. The zero-order valence-electron chi connectivity index (χ0n) is 10.3. The largest absolute Gasteiger partial charge is 0.489 e. The molecular weight excluding hydrogens is 290 g/mol. The van der Waals surface area contributed by atoms with E-state index in [1.165, 1.54) is 5.56 Å². The quantitative estimate of drug-likeness (QED) is 0.860. The fraction of sp³-hybridized carbons (Fsp3) is 0.200. The molecule has 0 fully saturated rings. The maximum atomic E-state index is 5.83. The molecular formula is C15H16BrNO. The Bertz CT molecular complexity index is 540. The van der Waals surface area contributed by atoms with Crippen molar-refractivity contribution in [3.8, 4) is 5.75 Å².